The second-order valence-electron chi connectivity index (χ2n) is 9.96. The van der Waals surface area contributed by atoms with Crippen molar-refractivity contribution in [1.29, 1.82) is 0 Å². The van der Waals surface area contributed by atoms with Crippen LogP contribution in [0.1, 0.15) is 68.6 Å². The lowest BCUT2D eigenvalue weighted by Gasteiger charge is -2.22. The summed E-state index contributed by atoms with van der Waals surface area (Å²) in [7, 11) is 6.28. The van der Waals surface area contributed by atoms with Crippen molar-refractivity contribution >= 4 is 22.6 Å². The number of aryl methyl sites for hydroxylation is 1. The molecule has 5 nitrogen and oxygen atoms in total. The van der Waals surface area contributed by atoms with Crippen LogP contribution < -0.4 is 10.6 Å². The molecule has 0 aliphatic rings. The van der Waals surface area contributed by atoms with Crippen LogP contribution in [0.15, 0.2) is 48.7 Å². The summed E-state index contributed by atoms with van der Waals surface area (Å²) in [4.78, 5) is 15.3. The van der Waals surface area contributed by atoms with E-state index in [1.54, 1.807) is 0 Å². The summed E-state index contributed by atoms with van der Waals surface area (Å²) in [5, 5.41) is 7.63. The summed E-state index contributed by atoms with van der Waals surface area (Å²) in [6, 6.07) is 14.7. The number of anilines is 1. The van der Waals surface area contributed by atoms with Gasteiger partial charge in [0.15, 0.2) is 0 Å². The third-order valence-corrected chi connectivity index (χ3v) is 6.41. The molecular formula is C28H40N4O. The molecule has 0 saturated carbocycles. The number of aromatic nitrogens is 1. The number of amides is 2. The molecule has 0 saturated heterocycles. The van der Waals surface area contributed by atoms with E-state index in [2.05, 4.69) is 118 Å². The highest BCUT2D eigenvalue weighted by Gasteiger charge is 2.20. The Bertz CT molecular complexity index is 1050. The molecule has 2 amide bonds. The Kier molecular flexibility index (Phi) is 8.20. The second-order valence-corrected chi connectivity index (χ2v) is 9.96. The summed E-state index contributed by atoms with van der Waals surface area (Å²) in [6.45, 7) is 10.2. The average molecular weight is 449 g/mol. The maximum atomic E-state index is 13.1. The minimum Gasteiger partial charge on any atom is -0.350 e. The number of benzene rings is 2. The Balaban J connectivity index is 1.81. The molecule has 1 atom stereocenters. The summed E-state index contributed by atoms with van der Waals surface area (Å²) >= 11 is 0. The van der Waals surface area contributed by atoms with Gasteiger partial charge < -0.3 is 20.1 Å². The average Bonchev–Trinajstić information content (AvgIpc) is 3.10. The van der Waals surface area contributed by atoms with Gasteiger partial charge in [0.05, 0.1) is 0 Å². The van der Waals surface area contributed by atoms with Crippen molar-refractivity contribution < 1.29 is 4.79 Å². The molecule has 178 valence electrons. The lowest BCUT2D eigenvalue weighted by Crippen LogP contribution is -2.34. The van der Waals surface area contributed by atoms with Gasteiger partial charge in [0.1, 0.15) is 0 Å². The fourth-order valence-electron chi connectivity index (χ4n) is 4.55. The molecule has 2 aromatic carbocycles. The number of nitrogens with zero attached hydrogens (tertiary/aromatic N) is 2. The summed E-state index contributed by atoms with van der Waals surface area (Å²) < 4.78 is 2.18. The molecule has 3 rings (SSSR count). The van der Waals surface area contributed by atoms with Crippen LogP contribution in [0.2, 0.25) is 0 Å². The Morgan fingerprint density at radius 2 is 1.58 bits per heavy atom. The molecule has 1 unspecified atom stereocenters. The molecule has 0 aliphatic carbocycles. The van der Waals surface area contributed by atoms with E-state index in [-0.39, 0.29) is 11.9 Å². The highest BCUT2D eigenvalue weighted by Crippen LogP contribution is 2.33. The highest BCUT2D eigenvalue weighted by atomic mass is 16.2. The van der Waals surface area contributed by atoms with E-state index in [0.29, 0.717) is 18.4 Å². The first kappa shape index (κ1) is 24.8. The highest BCUT2D eigenvalue weighted by molar-refractivity contribution is 5.91. The smallest absolute Gasteiger partial charge is 0.319 e. The van der Waals surface area contributed by atoms with Gasteiger partial charge in [-0.3, -0.25) is 0 Å². The van der Waals surface area contributed by atoms with Gasteiger partial charge in [-0.1, -0.05) is 64.1 Å². The van der Waals surface area contributed by atoms with Crippen LogP contribution >= 0.6 is 0 Å². The van der Waals surface area contributed by atoms with Crippen molar-refractivity contribution in [2.45, 2.75) is 51.9 Å². The third-order valence-electron chi connectivity index (χ3n) is 6.41. The molecule has 0 bridgehead atoms. The van der Waals surface area contributed by atoms with Gasteiger partial charge in [-0.05, 0) is 61.7 Å². The lowest BCUT2D eigenvalue weighted by atomic mass is 9.92. The van der Waals surface area contributed by atoms with Crippen LogP contribution in [0.25, 0.3) is 10.9 Å². The fraction of sp³-hybridized carbons (Fsp3) is 0.464. The number of hydrogen-bond acceptors (Lipinski definition) is 2. The van der Waals surface area contributed by atoms with Gasteiger partial charge in [0.25, 0.3) is 0 Å². The molecule has 3 aromatic rings. The summed E-state index contributed by atoms with van der Waals surface area (Å²) in [5.74, 6) is 0.902. The van der Waals surface area contributed by atoms with Crippen molar-refractivity contribution in [3.63, 3.8) is 0 Å². The molecule has 0 spiro atoms. The molecule has 33 heavy (non-hydrogen) atoms. The van der Waals surface area contributed by atoms with Gasteiger partial charge >= 0.3 is 6.03 Å². The number of carbonyl (C=O) groups is 1. The van der Waals surface area contributed by atoms with E-state index in [0.717, 1.165) is 18.7 Å². The van der Waals surface area contributed by atoms with Crippen LogP contribution in [0.3, 0.4) is 0 Å². The number of rotatable bonds is 9. The number of fused-ring (bicyclic) bond motifs is 1. The van der Waals surface area contributed by atoms with E-state index in [4.69, 9.17) is 0 Å². The number of carbonyl (C=O) groups excluding carboxylic acids is 1. The molecule has 0 aliphatic heterocycles. The van der Waals surface area contributed by atoms with Crippen molar-refractivity contribution in [1.82, 2.24) is 14.8 Å². The first-order valence-corrected chi connectivity index (χ1v) is 12.0. The normalized spacial score (nSPS) is 12.7. The summed E-state index contributed by atoms with van der Waals surface area (Å²) in [6.07, 6.45) is 3.19. The van der Waals surface area contributed by atoms with E-state index in [9.17, 15) is 4.79 Å². The number of urea groups is 1. The number of hydrogen-bond donors (Lipinski definition) is 2. The predicted molar refractivity (Wildman–Crippen MR) is 140 cm³/mol. The zero-order chi connectivity index (χ0) is 24.1. The zero-order valence-corrected chi connectivity index (χ0v) is 21.3. The van der Waals surface area contributed by atoms with Gasteiger partial charge in [-0.25, -0.2) is 4.79 Å². The van der Waals surface area contributed by atoms with Crippen LogP contribution in [0.5, 0.6) is 0 Å². The lowest BCUT2D eigenvalue weighted by molar-refractivity contribution is 0.251. The Labute approximate surface area is 199 Å². The first-order valence-electron chi connectivity index (χ1n) is 12.0. The number of nitrogens with one attached hydrogen (secondary N) is 2. The fourth-order valence-corrected chi connectivity index (χ4v) is 4.55. The Hall–Kier alpha value is -2.79. The number of para-hydroxylation sites is 2. The largest absolute Gasteiger partial charge is 0.350 e. The van der Waals surface area contributed by atoms with Crippen molar-refractivity contribution in [3.8, 4) is 0 Å². The van der Waals surface area contributed by atoms with Gasteiger partial charge in [0.2, 0.25) is 0 Å². The molecule has 5 heteroatoms. The van der Waals surface area contributed by atoms with E-state index < -0.39 is 0 Å². The molecule has 1 aromatic heterocycles. The topological polar surface area (TPSA) is 49.3 Å². The van der Waals surface area contributed by atoms with Gasteiger partial charge in [-0.2, -0.15) is 0 Å². The van der Waals surface area contributed by atoms with Crippen LogP contribution in [0.4, 0.5) is 10.5 Å². The van der Waals surface area contributed by atoms with E-state index in [1.807, 2.05) is 0 Å². The van der Waals surface area contributed by atoms with Crippen molar-refractivity contribution in [3.05, 3.63) is 65.4 Å². The van der Waals surface area contributed by atoms with Crippen LogP contribution in [-0.4, -0.2) is 42.7 Å². The summed E-state index contributed by atoms with van der Waals surface area (Å²) in [5.41, 5.74) is 5.82. The minimum atomic E-state index is -0.139. The molecular weight excluding hydrogens is 408 g/mol. The standard InChI is InChI=1S/C28H40N4O/c1-19(2)22-12-10-13-23(20(3)4)27(22)30-28(33)29-17-21(15-16-31(5)6)25-18-32(7)26-14-9-8-11-24(25)26/h8-14,18-21H,15-17H2,1-7H3,(H2,29,30,33). The predicted octanol–water partition coefficient (Wildman–Crippen LogP) is 6.28. The van der Waals surface area contributed by atoms with Gasteiger partial charge in [-0.15, -0.1) is 0 Å². The van der Waals surface area contributed by atoms with Crippen LogP contribution in [-0.2, 0) is 7.05 Å². The second kappa shape index (κ2) is 10.9. The monoisotopic (exact) mass is 448 g/mol. The SMILES string of the molecule is CC(C)c1cccc(C(C)C)c1NC(=O)NCC(CCN(C)C)c1cn(C)c2ccccc12. The maximum Gasteiger partial charge on any atom is 0.319 e. The molecule has 2 N–H and O–H groups in total. The molecule has 0 fully saturated rings. The van der Waals surface area contributed by atoms with Crippen molar-refractivity contribution in [2.75, 3.05) is 32.5 Å². The first-order chi connectivity index (χ1) is 15.7. The maximum absolute atomic E-state index is 13.1. The Morgan fingerprint density at radius 1 is 0.939 bits per heavy atom. The third kappa shape index (κ3) is 5.97. The zero-order valence-electron chi connectivity index (χ0n) is 21.3. The van der Waals surface area contributed by atoms with E-state index in [1.165, 1.54) is 27.6 Å². The Morgan fingerprint density at radius 3 is 2.18 bits per heavy atom. The molecule has 0 radical (unpaired) electrons. The minimum absolute atomic E-state index is 0.139. The quantitative estimate of drug-likeness (QED) is 0.405. The molecule has 1 heterocycles. The van der Waals surface area contributed by atoms with Crippen LogP contribution in [0, 0.1) is 0 Å². The van der Waals surface area contributed by atoms with Gasteiger partial charge in [0, 0.05) is 42.3 Å². The van der Waals surface area contributed by atoms with Crippen molar-refractivity contribution in [2.24, 2.45) is 7.05 Å². The van der Waals surface area contributed by atoms with E-state index >= 15 is 0 Å².